The van der Waals surface area contributed by atoms with Crippen molar-refractivity contribution in [2.45, 2.75) is 79.1 Å². The molecule has 2 nitrogen and oxygen atoms in total. The Morgan fingerprint density at radius 1 is 0.500 bits per heavy atom. The highest BCUT2D eigenvalue weighted by molar-refractivity contribution is 5.80. The average molecular weight is 435 g/mol. The van der Waals surface area contributed by atoms with Gasteiger partial charge in [0.05, 0.1) is 14.2 Å². The highest BCUT2D eigenvalue weighted by atomic mass is 16.5. The predicted molar refractivity (Wildman–Crippen MR) is 139 cm³/mol. The Balaban J connectivity index is 2.77. The Kier molecular flexibility index (Phi) is 11.1. The highest BCUT2D eigenvalue weighted by Crippen LogP contribution is 2.39. The molecule has 0 bridgehead atoms. The lowest BCUT2D eigenvalue weighted by Crippen LogP contribution is -2.02. The lowest BCUT2D eigenvalue weighted by molar-refractivity contribution is 0.414. The molecule has 2 aromatic rings. The summed E-state index contributed by atoms with van der Waals surface area (Å²) in [5.41, 5.74) is 8.77. The molecular weight excluding hydrogens is 392 g/mol. The van der Waals surface area contributed by atoms with Gasteiger partial charge in [-0.05, 0) is 83.4 Å². The van der Waals surface area contributed by atoms with Gasteiger partial charge in [-0.1, -0.05) is 77.6 Å². The Morgan fingerprint density at radius 2 is 0.812 bits per heavy atom. The molecule has 0 unspecified atom stereocenters. The lowest BCUT2D eigenvalue weighted by Gasteiger charge is -2.23. The van der Waals surface area contributed by atoms with E-state index in [2.05, 4.69) is 76.2 Å². The molecule has 32 heavy (non-hydrogen) atoms. The Hall–Kier alpha value is -2.48. The zero-order chi connectivity index (χ0) is 23.3. The molecule has 0 amide bonds. The smallest absolute Gasteiger partial charge is 0.118 e. The first-order valence-electron chi connectivity index (χ1n) is 12.4. The number of ether oxygens (including phenoxy) is 2. The zero-order valence-electron chi connectivity index (χ0n) is 21.1. The van der Waals surface area contributed by atoms with E-state index in [1.54, 1.807) is 25.4 Å². The van der Waals surface area contributed by atoms with Crippen LogP contribution in [0.15, 0.2) is 59.7 Å². The zero-order valence-corrected chi connectivity index (χ0v) is 21.1. The maximum atomic E-state index is 5.41. The van der Waals surface area contributed by atoms with Crippen LogP contribution in [0.3, 0.4) is 0 Å². The van der Waals surface area contributed by atoms with Crippen molar-refractivity contribution in [2.24, 2.45) is 0 Å². The quantitative estimate of drug-likeness (QED) is 0.293. The minimum absolute atomic E-state index is 0.913. The molecule has 0 fully saturated rings. The minimum atomic E-state index is 0.913. The maximum Gasteiger partial charge on any atom is 0.118 e. The average Bonchev–Trinajstić information content (AvgIpc) is 2.84. The molecule has 0 saturated carbocycles. The second kappa shape index (κ2) is 13.8. The van der Waals surface area contributed by atoms with Crippen LogP contribution in [-0.4, -0.2) is 14.2 Å². The van der Waals surface area contributed by atoms with E-state index in [4.69, 9.17) is 9.47 Å². The summed E-state index contributed by atoms with van der Waals surface area (Å²) in [4.78, 5) is 0. The second-order valence-corrected chi connectivity index (χ2v) is 8.37. The minimum Gasteiger partial charge on any atom is -0.497 e. The van der Waals surface area contributed by atoms with Crippen LogP contribution >= 0.6 is 0 Å². The van der Waals surface area contributed by atoms with Crippen molar-refractivity contribution in [3.8, 4) is 11.5 Å². The van der Waals surface area contributed by atoms with Gasteiger partial charge in [-0.2, -0.15) is 0 Å². The van der Waals surface area contributed by atoms with E-state index in [9.17, 15) is 0 Å². The summed E-state index contributed by atoms with van der Waals surface area (Å²) in [6, 6.07) is 17.3. The summed E-state index contributed by atoms with van der Waals surface area (Å²) >= 11 is 0. The van der Waals surface area contributed by atoms with Crippen LogP contribution < -0.4 is 9.47 Å². The van der Waals surface area contributed by atoms with Gasteiger partial charge in [0.25, 0.3) is 0 Å². The summed E-state index contributed by atoms with van der Waals surface area (Å²) in [6.07, 6.45) is 8.98. The van der Waals surface area contributed by atoms with Gasteiger partial charge in [0.2, 0.25) is 0 Å². The van der Waals surface area contributed by atoms with Crippen molar-refractivity contribution in [2.75, 3.05) is 14.2 Å². The molecule has 0 N–H and O–H groups in total. The van der Waals surface area contributed by atoms with Gasteiger partial charge in [0.15, 0.2) is 0 Å². The standard InChI is InChI=1S/C30H42O2/c1-7-11-27(23-15-19-25(31-5)20-16-23)29(13-9-3)30(14-10-4)28(12-8-2)24-17-21-26(32-6)22-18-24/h15-22H,7-14H2,1-6H3/b29-27-,30-28-. The Morgan fingerprint density at radius 3 is 1.06 bits per heavy atom. The fraction of sp³-hybridized carbons (Fsp3) is 0.467. The largest absolute Gasteiger partial charge is 0.497 e. The summed E-state index contributed by atoms with van der Waals surface area (Å²) in [5, 5.41) is 0. The Labute approximate surface area is 196 Å². The van der Waals surface area contributed by atoms with Crippen LogP contribution in [0.5, 0.6) is 11.5 Å². The SMILES string of the molecule is CCCC(/C(CCC)=C(/CCC)c1ccc(OC)cc1)=C(\CCC)c1ccc(OC)cc1. The number of hydrogen-bond donors (Lipinski definition) is 0. The third-order valence-electron chi connectivity index (χ3n) is 5.97. The van der Waals surface area contributed by atoms with Gasteiger partial charge in [-0.25, -0.2) is 0 Å². The third-order valence-corrected chi connectivity index (χ3v) is 5.97. The van der Waals surface area contributed by atoms with Gasteiger partial charge < -0.3 is 9.47 Å². The van der Waals surface area contributed by atoms with Crippen LogP contribution in [0.4, 0.5) is 0 Å². The first-order valence-corrected chi connectivity index (χ1v) is 12.4. The van der Waals surface area contributed by atoms with E-state index >= 15 is 0 Å². The third kappa shape index (κ3) is 6.76. The first kappa shape index (κ1) is 25.8. The number of benzene rings is 2. The molecule has 0 spiro atoms. The van der Waals surface area contributed by atoms with Crippen molar-refractivity contribution < 1.29 is 9.47 Å². The van der Waals surface area contributed by atoms with Gasteiger partial charge in [-0.3, -0.25) is 0 Å². The van der Waals surface area contributed by atoms with Crippen LogP contribution in [-0.2, 0) is 0 Å². The van der Waals surface area contributed by atoms with Gasteiger partial charge in [0, 0.05) is 0 Å². The normalized spacial score (nSPS) is 12.8. The summed E-state index contributed by atoms with van der Waals surface area (Å²) in [6.45, 7) is 9.17. The predicted octanol–water partition coefficient (Wildman–Crippen LogP) is 9.11. The van der Waals surface area contributed by atoms with Crippen LogP contribution in [0.25, 0.3) is 11.1 Å². The van der Waals surface area contributed by atoms with E-state index < -0.39 is 0 Å². The topological polar surface area (TPSA) is 18.5 Å². The fourth-order valence-corrected chi connectivity index (χ4v) is 4.49. The van der Waals surface area contributed by atoms with Gasteiger partial charge in [-0.15, -0.1) is 0 Å². The summed E-state index contributed by atoms with van der Waals surface area (Å²) < 4.78 is 10.8. The van der Waals surface area contributed by atoms with Crippen molar-refractivity contribution in [3.05, 3.63) is 70.8 Å². The molecule has 0 aliphatic rings. The second-order valence-electron chi connectivity index (χ2n) is 8.37. The summed E-state index contributed by atoms with van der Waals surface area (Å²) in [7, 11) is 3.46. The highest BCUT2D eigenvalue weighted by Gasteiger charge is 2.18. The van der Waals surface area contributed by atoms with E-state index in [1.807, 2.05) is 0 Å². The molecular formula is C30H42O2. The summed E-state index contributed by atoms with van der Waals surface area (Å²) in [5.74, 6) is 1.83. The molecule has 2 heteroatoms. The molecule has 0 saturated heterocycles. The maximum absolute atomic E-state index is 5.41. The molecule has 0 aromatic heterocycles. The van der Waals surface area contributed by atoms with Crippen LogP contribution in [0, 0.1) is 0 Å². The van der Waals surface area contributed by atoms with Crippen molar-refractivity contribution in [1.82, 2.24) is 0 Å². The number of allylic oxidation sites excluding steroid dienone is 4. The van der Waals surface area contributed by atoms with E-state index in [1.165, 1.54) is 22.3 Å². The molecule has 0 atom stereocenters. The monoisotopic (exact) mass is 434 g/mol. The molecule has 0 heterocycles. The van der Waals surface area contributed by atoms with Gasteiger partial charge >= 0.3 is 0 Å². The molecule has 2 aromatic carbocycles. The van der Waals surface area contributed by atoms with Crippen LogP contribution in [0.1, 0.15) is 90.2 Å². The fourth-order valence-electron chi connectivity index (χ4n) is 4.49. The van der Waals surface area contributed by atoms with Crippen molar-refractivity contribution in [3.63, 3.8) is 0 Å². The first-order chi connectivity index (χ1) is 15.6. The number of hydrogen-bond acceptors (Lipinski definition) is 2. The lowest BCUT2D eigenvalue weighted by atomic mass is 9.82. The Bertz CT molecular complexity index is 795. The molecule has 0 aliphatic heterocycles. The molecule has 0 radical (unpaired) electrons. The van der Waals surface area contributed by atoms with E-state index in [0.29, 0.717) is 0 Å². The number of rotatable bonds is 13. The number of methoxy groups -OCH3 is 2. The molecule has 0 aliphatic carbocycles. The van der Waals surface area contributed by atoms with Crippen molar-refractivity contribution >= 4 is 11.1 Å². The van der Waals surface area contributed by atoms with Gasteiger partial charge in [0.1, 0.15) is 11.5 Å². The van der Waals surface area contributed by atoms with E-state index in [0.717, 1.165) is 62.9 Å². The van der Waals surface area contributed by atoms with Crippen LogP contribution in [0.2, 0.25) is 0 Å². The molecule has 174 valence electrons. The molecule has 2 rings (SSSR count). The van der Waals surface area contributed by atoms with Crippen molar-refractivity contribution in [1.29, 1.82) is 0 Å². The van der Waals surface area contributed by atoms with E-state index in [-0.39, 0.29) is 0 Å².